The van der Waals surface area contributed by atoms with Gasteiger partial charge in [-0.3, -0.25) is 4.79 Å². The minimum absolute atomic E-state index is 0.163. The number of phenolic OH excluding ortho intramolecular Hbond substituents is 1. The van der Waals surface area contributed by atoms with Crippen molar-refractivity contribution in [3.05, 3.63) is 114 Å². The maximum Gasteiger partial charge on any atom is 0.252 e. The molecule has 0 aromatic heterocycles. The van der Waals surface area contributed by atoms with Crippen LogP contribution in [-0.2, 0) is 0 Å². The number of amides is 1. The highest BCUT2D eigenvalue weighted by Crippen LogP contribution is 2.35. The number of aromatic hydroxyl groups is 1. The largest absolute Gasteiger partial charge is 0.508 e. The van der Waals surface area contributed by atoms with Crippen LogP contribution in [-0.4, -0.2) is 11.0 Å². The zero-order chi connectivity index (χ0) is 18.6. The molecule has 27 heavy (non-hydrogen) atoms. The maximum absolute atomic E-state index is 12.9. The van der Waals surface area contributed by atoms with Crippen LogP contribution in [0.1, 0.15) is 27.5 Å². The fourth-order valence-corrected chi connectivity index (χ4v) is 3.36. The minimum Gasteiger partial charge on any atom is -0.508 e. The van der Waals surface area contributed by atoms with Crippen molar-refractivity contribution in [3.63, 3.8) is 0 Å². The van der Waals surface area contributed by atoms with Crippen LogP contribution in [0.4, 0.5) is 0 Å². The third kappa shape index (κ3) is 3.40. The standard InChI is InChI=1S/C24H19NO2/c26-21-16-15-17-9-7-8-14-20(17)22(21)23(18-10-3-1-4-11-18)25-24(27)19-12-5-2-6-13-19/h1-16,23,26H,(H,25,27)/t23-/m0/s1. The van der Waals surface area contributed by atoms with Gasteiger partial charge in [-0.2, -0.15) is 0 Å². The fraction of sp³-hybridized carbons (Fsp3) is 0.0417. The first kappa shape index (κ1) is 16.9. The average molecular weight is 353 g/mol. The Morgan fingerprint density at radius 2 is 1.37 bits per heavy atom. The predicted molar refractivity (Wildman–Crippen MR) is 108 cm³/mol. The molecule has 4 rings (SSSR count). The summed E-state index contributed by atoms with van der Waals surface area (Å²) in [6, 6.07) is 29.8. The summed E-state index contributed by atoms with van der Waals surface area (Å²) in [4.78, 5) is 12.9. The molecule has 0 heterocycles. The van der Waals surface area contributed by atoms with Crippen molar-refractivity contribution in [2.45, 2.75) is 6.04 Å². The molecule has 3 nitrogen and oxygen atoms in total. The van der Waals surface area contributed by atoms with Crippen molar-refractivity contribution < 1.29 is 9.90 Å². The summed E-state index contributed by atoms with van der Waals surface area (Å²) in [5.41, 5.74) is 2.19. The summed E-state index contributed by atoms with van der Waals surface area (Å²) in [5, 5.41) is 15.7. The van der Waals surface area contributed by atoms with E-state index in [1.807, 2.05) is 78.9 Å². The van der Waals surface area contributed by atoms with Gasteiger partial charge in [-0.25, -0.2) is 0 Å². The average Bonchev–Trinajstić information content (AvgIpc) is 2.73. The molecule has 1 amide bonds. The molecule has 0 unspecified atom stereocenters. The van der Waals surface area contributed by atoms with Crippen molar-refractivity contribution in [1.29, 1.82) is 0 Å². The number of fused-ring (bicyclic) bond motifs is 1. The first-order valence-electron chi connectivity index (χ1n) is 8.85. The van der Waals surface area contributed by atoms with E-state index in [0.29, 0.717) is 11.1 Å². The lowest BCUT2D eigenvalue weighted by Crippen LogP contribution is -2.29. The molecule has 0 fully saturated rings. The molecule has 0 saturated carbocycles. The molecule has 132 valence electrons. The van der Waals surface area contributed by atoms with E-state index in [1.165, 1.54) is 0 Å². The van der Waals surface area contributed by atoms with Gasteiger partial charge in [-0.15, -0.1) is 0 Å². The lowest BCUT2D eigenvalue weighted by molar-refractivity contribution is 0.0943. The molecule has 2 N–H and O–H groups in total. The van der Waals surface area contributed by atoms with Gasteiger partial charge in [0.25, 0.3) is 5.91 Å². The Morgan fingerprint density at radius 3 is 2.11 bits per heavy atom. The monoisotopic (exact) mass is 353 g/mol. The van der Waals surface area contributed by atoms with E-state index >= 15 is 0 Å². The first-order chi connectivity index (χ1) is 13.2. The molecule has 0 bridgehead atoms. The van der Waals surface area contributed by atoms with Crippen molar-refractivity contribution in [1.82, 2.24) is 5.32 Å². The number of nitrogens with one attached hydrogen (secondary N) is 1. The van der Waals surface area contributed by atoms with E-state index in [9.17, 15) is 9.90 Å². The van der Waals surface area contributed by atoms with E-state index in [4.69, 9.17) is 0 Å². The van der Waals surface area contributed by atoms with E-state index in [1.54, 1.807) is 18.2 Å². The van der Waals surface area contributed by atoms with Crippen LogP contribution in [0.15, 0.2) is 97.1 Å². The zero-order valence-electron chi connectivity index (χ0n) is 14.7. The van der Waals surface area contributed by atoms with Crippen LogP contribution >= 0.6 is 0 Å². The topological polar surface area (TPSA) is 49.3 Å². The molecule has 4 aromatic carbocycles. The quantitative estimate of drug-likeness (QED) is 0.538. The summed E-state index contributed by atoms with van der Waals surface area (Å²) >= 11 is 0. The van der Waals surface area contributed by atoms with E-state index in [0.717, 1.165) is 16.3 Å². The second-order valence-electron chi connectivity index (χ2n) is 6.40. The smallest absolute Gasteiger partial charge is 0.252 e. The zero-order valence-corrected chi connectivity index (χ0v) is 14.7. The van der Waals surface area contributed by atoms with Crippen molar-refractivity contribution in [2.75, 3.05) is 0 Å². The lowest BCUT2D eigenvalue weighted by Gasteiger charge is -2.22. The summed E-state index contributed by atoms with van der Waals surface area (Å²) in [7, 11) is 0. The van der Waals surface area contributed by atoms with E-state index in [2.05, 4.69) is 5.32 Å². The van der Waals surface area contributed by atoms with Gasteiger partial charge in [0.15, 0.2) is 0 Å². The van der Waals surface area contributed by atoms with Gasteiger partial charge < -0.3 is 10.4 Å². The highest BCUT2D eigenvalue weighted by Gasteiger charge is 2.22. The molecule has 0 radical (unpaired) electrons. The number of benzene rings is 4. The Balaban J connectivity index is 1.85. The van der Waals surface area contributed by atoms with Gasteiger partial charge in [0.1, 0.15) is 5.75 Å². The number of hydrogen-bond donors (Lipinski definition) is 2. The van der Waals surface area contributed by atoms with Crippen LogP contribution in [0.3, 0.4) is 0 Å². The molecule has 0 aliphatic rings. The molecule has 0 saturated heterocycles. The molecule has 4 aromatic rings. The third-order valence-electron chi connectivity index (χ3n) is 4.68. The first-order valence-corrected chi connectivity index (χ1v) is 8.85. The Kier molecular flexibility index (Phi) is 4.58. The van der Waals surface area contributed by atoms with Crippen LogP contribution in [0.25, 0.3) is 10.8 Å². The van der Waals surface area contributed by atoms with Gasteiger partial charge in [0, 0.05) is 11.1 Å². The Labute approximate surface area is 157 Å². The molecule has 0 aliphatic carbocycles. The molecule has 1 atom stereocenters. The van der Waals surface area contributed by atoms with Crippen molar-refractivity contribution in [2.24, 2.45) is 0 Å². The Bertz CT molecular complexity index is 1080. The normalized spacial score (nSPS) is 11.9. The molecular formula is C24H19NO2. The number of carbonyl (C=O) groups excluding carboxylic acids is 1. The number of phenols is 1. The van der Waals surface area contributed by atoms with Crippen molar-refractivity contribution >= 4 is 16.7 Å². The highest BCUT2D eigenvalue weighted by molar-refractivity contribution is 5.96. The van der Waals surface area contributed by atoms with Crippen LogP contribution in [0.5, 0.6) is 5.75 Å². The SMILES string of the molecule is O=C(N[C@@H](c1ccccc1)c1c(O)ccc2ccccc12)c1ccccc1. The number of carbonyl (C=O) groups is 1. The number of rotatable bonds is 4. The van der Waals surface area contributed by atoms with E-state index < -0.39 is 6.04 Å². The van der Waals surface area contributed by atoms with Gasteiger partial charge in [0.2, 0.25) is 0 Å². The van der Waals surface area contributed by atoms with Crippen molar-refractivity contribution in [3.8, 4) is 5.75 Å². The summed E-state index contributed by atoms with van der Waals surface area (Å²) < 4.78 is 0. The van der Waals surface area contributed by atoms with E-state index in [-0.39, 0.29) is 11.7 Å². The number of hydrogen-bond acceptors (Lipinski definition) is 2. The summed E-state index contributed by atoms with van der Waals surface area (Å²) in [5.74, 6) is -0.0206. The molecular weight excluding hydrogens is 334 g/mol. The Hall–Kier alpha value is -3.59. The third-order valence-corrected chi connectivity index (χ3v) is 4.68. The van der Waals surface area contributed by atoms with Crippen LogP contribution in [0, 0.1) is 0 Å². The molecule has 0 spiro atoms. The molecule has 3 heteroatoms. The summed E-state index contributed by atoms with van der Waals surface area (Å²) in [6.07, 6.45) is 0. The van der Waals surface area contributed by atoms with Crippen LogP contribution in [0.2, 0.25) is 0 Å². The second kappa shape index (κ2) is 7.34. The fourth-order valence-electron chi connectivity index (χ4n) is 3.36. The minimum atomic E-state index is -0.468. The predicted octanol–water partition coefficient (Wildman–Crippen LogP) is 5.06. The maximum atomic E-state index is 12.9. The van der Waals surface area contributed by atoms with Gasteiger partial charge in [-0.1, -0.05) is 78.9 Å². The van der Waals surface area contributed by atoms with Crippen LogP contribution < -0.4 is 5.32 Å². The Morgan fingerprint density at radius 1 is 0.741 bits per heavy atom. The van der Waals surface area contributed by atoms with Gasteiger partial charge in [-0.05, 0) is 34.5 Å². The van der Waals surface area contributed by atoms with Gasteiger partial charge in [0.05, 0.1) is 6.04 Å². The van der Waals surface area contributed by atoms with Gasteiger partial charge >= 0.3 is 0 Å². The second-order valence-corrected chi connectivity index (χ2v) is 6.40. The summed E-state index contributed by atoms with van der Waals surface area (Å²) in [6.45, 7) is 0. The molecule has 0 aliphatic heterocycles. The lowest BCUT2D eigenvalue weighted by atomic mass is 9.92. The highest BCUT2D eigenvalue weighted by atomic mass is 16.3.